The number of anilines is 1. The number of thiazole rings is 1. The van der Waals surface area contributed by atoms with Crippen LogP contribution in [-0.2, 0) is 32.5 Å². The maximum Gasteiger partial charge on any atom is 0.255 e. The van der Waals surface area contributed by atoms with Crippen LogP contribution in [0.4, 0.5) is 5.13 Å². The van der Waals surface area contributed by atoms with E-state index in [9.17, 15) is 18.0 Å². The van der Waals surface area contributed by atoms with Crippen molar-refractivity contribution in [1.82, 2.24) is 14.2 Å². The van der Waals surface area contributed by atoms with Gasteiger partial charge in [-0.1, -0.05) is 17.8 Å². The Balaban J connectivity index is 1.24. The Bertz CT molecular complexity index is 1170. The number of carbonyl (C=O) groups is 2. The van der Waals surface area contributed by atoms with E-state index in [0.717, 1.165) is 42.7 Å². The smallest absolute Gasteiger partial charge is 0.255 e. The van der Waals surface area contributed by atoms with E-state index in [0.29, 0.717) is 49.9 Å². The molecular weight excluding hydrogens is 476 g/mol. The van der Waals surface area contributed by atoms with Crippen molar-refractivity contribution in [2.75, 3.05) is 31.6 Å². The molecule has 11 heteroatoms. The lowest BCUT2D eigenvalue weighted by Crippen LogP contribution is -2.36. The summed E-state index contributed by atoms with van der Waals surface area (Å²) >= 11 is 1.38. The minimum absolute atomic E-state index is 0.147. The van der Waals surface area contributed by atoms with E-state index in [2.05, 4.69) is 10.3 Å². The minimum atomic E-state index is -3.52. The number of fused-ring (bicyclic) bond motifs is 1. The summed E-state index contributed by atoms with van der Waals surface area (Å²) in [5.41, 5.74) is 1.36. The van der Waals surface area contributed by atoms with E-state index in [4.69, 9.17) is 4.74 Å². The highest BCUT2D eigenvalue weighted by Crippen LogP contribution is 2.30. The molecule has 5 rings (SSSR count). The van der Waals surface area contributed by atoms with Crippen LogP contribution in [0.15, 0.2) is 29.2 Å². The van der Waals surface area contributed by atoms with Crippen LogP contribution in [0.5, 0.6) is 0 Å². The van der Waals surface area contributed by atoms with Gasteiger partial charge >= 0.3 is 0 Å². The number of hydrogen-bond acceptors (Lipinski definition) is 7. The van der Waals surface area contributed by atoms with Crippen molar-refractivity contribution in [2.45, 2.75) is 56.1 Å². The molecule has 1 unspecified atom stereocenters. The first-order chi connectivity index (χ1) is 16.4. The Kier molecular flexibility index (Phi) is 6.70. The molecule has 182 valence electrons. The van der Waals surface area contributed by atoms with Crippen LogP contribution in [0.1, 0.15) is 53.0 Å². The zero-order chi connectivity index (χ0) is 23.7. The molecule has 2 fully saturated rings. The molecule has 4 heterocycles. The summed E-state index contributed by atoms with van der Waals surface area (Å²) in [5.74, 6) is -0.318. The molecule has 1 atom stereocenters. The fourth-order valence-corrected chi connectivity index (χ4v) is 7.14. The normalized spacial score (nSPS) is 21.3. The van der Waals surface area contributed by atoms with Crippen LogP contribution in [-0.4, -0.2) is 66.8 Å². The second kappa shape index (κ2) is 9.73. The fourth-order valence-electron chi connectivity index (χ4n) is 4.60. The van der Waals surface area contributed by atoms with Crippen LogP contribution in [0.3, 0.4) is 0 Å². The quantitative estimate of drug-likeness (QED) is 0.671. The van der Waals surface area contributed by atoms with Crippen LogP contribution >= 0.6 is 11.3 Å². The third-order valence-corrected chi connectivity index (χ3v) is 9.44. The molecule has 3 aliphatic rings. The molecule has 2 amide bonds. The van der Waals surface area contributed by atoms with E-state index >= 15 is 0 Å². The van der Waals surface area contributed by atoms with Gasteiger partial charge in [0.15, 0.2) is 5.13 Å². The van der Waals surface area contributed by atoms with Crippen molar-refractivity contribution in [3.8, 4) is 0 Å². The van der Waals surface area contributed by atoms with Gasteiger partial charge in [-0.3, -0.25) is 14.9 Å². The van der Waals surface area contributed by atoms with Gasteiger partial charge in [0.25, 0.3) is 11.8 Å². The lowest BCUT2D eigenvalue weighted by atomic mass is 10.1. The highest BCUT2D eigenvalue weighted by Gasteiger charge is 2.29. The van der Waals surface area contributed by atoms with Gasteiger partial charge in [0.05, 0.1) is 17.1 Å². The van der Waals surface area contributed by atoms with Crippen LogP contribution in [0.25, 0.3) is 0 Å². The summed E-state index contributed by atoms with van der Waals surface area (Å²) in [6, 6.07) is 6.24. The molecule has 0 radical (unpaired) electrons. The molecule has 2 aromatic rings. The van der Waals surface area contributed by atoms with Crippen LogP contribution in [0.2, 0.25) is 0 Å². The number of piperidine rings is 1. The minimum Gasteiger partial charge on any atom is -0.368 e. The maximum absolute atomic E-state index is 13.1. The number of nitrogens with one attached hydrogen (secondary N) is 1. The van der Waals surface area contributed by atoms with E-state index in [1.807, 2.05) is 0 Å². The lowest BCUT2D eigenvalue weighted by Gasteiger charge is -2.27. The zero-order valence-electron chi connectivity index (χ0n) is 18.9. The van der Waals surface area contributed by atoms with Crippen molar-refractivity contribution in [3.05, 3.63) is 40.4 Å². The Morgan fingerprint density at radius 2 is 1.82 bits per heavy atom. The predicted molar refractivity (Wildman–Crippen MR) is 127 cm³/mol. The third kappa shape index (κ3) is 4.74. The Morgan fingerprint density at radius 1 is 1.06 bits per heavy atom. The van der Waals surface area contributed by atoms with Gasteiger partial charge in [0, 0.05) is 43.1 Å². The zero-order valence-corrected chi connectivity index (χ0v) is 20.5. The van der Waals surface area contributed by atoms with Gasteiger partial charge in [0.2, 0.25) is 10.0 Å². The average Bonchev–Trinajstić information content (AvgIpc) is 3.54. The number of carbonyl (C=O) groups excluding carboxylic acids is 2. The fraction of sp³-hybridized carbons (Fsp3) is 0.522. The number of ether oxygens (including phenoxy) is 1. The Morgan fingerprint density at radius 3 is 2.53 bits per heavy atom. The van der Waals surface area contributed by atoms with Gasteiger partial charge in [-0.15, -0.1) is 0 Å². The summed E-state index contributed by atoms with van der Waals surface area (Å²) < 4.78 is 32.7. The summed E-state index contributed by atoms with van der Waals surface area (Å²) in [6.07, 6.45) is 4.61. The highest BCUT2D eigenvalue weighted by molar-refractivity contribution is 7.89. The van der Waals surface area contributed by atoms with E-state index in [-0.39, 0.29) is 16.7 Å². The number of amides is 2. The second-order valence-corrected chi connectivity index (χ2v) is 11.9. The summed E-state index contributed by atoms with van der Waals surface area (Å²) in [6.45, 7) is 2.63. The largest absolute Gasteiger partial charge is 0.368 e. The topological polar surface area (TPSA) is 109 Å². The summed E-state index contributed by atoms with van der Waals surface area (Å²) in [7, 11) is -3.52. The highest BCUT2D eigenvalue weighted by atomic mass is 32.2. The van der Waals surface area contributed by atoms with Gasteiger partial charge in [-0.2, -0.15) is 4.31 Å². The maximum atomic E-state index is 13.1. The first-order valence-corrected chi connectivity index (χ1v) is 14.0. The second-order valence-electron chi connectivity index (χ2n) is 8.85. The molecule has 9 nitrogen and oxygen atoms in total. The average molecular weight is 505 g/mol. The van der Waals surface area contributed by atoms with Crippen LogP contribution < -0.4 is 5.32 Å². The molecule has 0 spiro atoms. The van der Waals surface area contributed by atoms with Crippen molar-refractivity contribution in [2.24, 2.45) is 0 Å². The van der Waals surface area contributed by atoms with Crippen molar-refractivity contribution in [1.29, 1.82) is 0 Å². The van der Waals surface area contributed by atoms with Crippen molar-refractivity contribution >= 4 is 38.3 Å². The first kappa shape index (κ1) is 23.4. The predicted octanol–water partition coefficient (Wildman–Crippen LogP) is 2.63. The van der Waals surface area contributed by atoms with E-state index in [1.54, 1.807) is 17.0 Å². The number of hydrogen-bond donors (Lipinski definition) is 1. The number of rotatable bonds is 5. The van der Waals surface area contributed by atoms with Gasteiger partial charge in [0.1, 0.15) is 6.10 Å². The molecule has 1 aromatic heterocycles. The molecular formula is C23H28N4O5S2. The standard InChI is InChI=1S/C23H28N4O5S2/c28-21(19-5-4-14-32-19)25-23-24-18-10-13-26(15-20(18)33-23)22(29)16-6-8-17(9-7-16)34(30,31)27-11-2-1-3-12-27/h6-9,19H,1-5,10-15H2,(H,24,25,28). The van der Waals surface area contributed by atoms with E-state index in [1.165, 1.54) is 27.8 Å². The molecule has 2 saturated heterocycles. The molecule has 1 aromatic carbocycles. The molecule has 0 saturated carbocycles. The number of sulfonamides is 1. The summed E-state index contributed by atoms with van der Waals surface area (Å²) in [4.78, 5) is 32.8. The van der Waals surface area contributed by atoms with Gasteiger partial charge in [-0.25, -0.2) is 13.4 Å². The Labute approximate surface area is 203 Å². The van der Waals surface area contributed by atoms with Gasteiger partial charge < -0.3 is 9.64 Å². The first-order valence-electron chi connectivity index (χ1n) is 11.7. The number of benzene rings is 1. The third-order valence-electron chi connectivity index (χ3n) is 6.52. The van der Waals surface area contributed by atoms with Gasteiger partial charge in [-0.05, 0) is 49.9 Å². The van der Waals surface area contributed by atoms with Crippen molar-refractivity contribution in [3.63, 3.8) is 0 Å². The lowest BCUT2D eigenvalue weighted by molar-refractivity contribution is -0.124. The number of nitrogens with zero attached hydrogens (tertiary/aromatic N) is 3. The monoisotopic (exact) mass is 504 g/mol. The van der Waals surface area contributed by atoms with Crippen molar-refractivity contribution < 1.29 is 22.7 Å². The molecule has 1 N–H and O–H groups in total. The molecule has 3 aliphatic heterocycles. The molecule has 0 bridgehead atoms. The summed E-state index contributed by atoms with van der Waals surface area (Å²) in [5, 5.41) is 3.38. The molecule has 34 heavy (non-hydrogen) atoms. The molecule has 0 aliphatic carbocycles. The number of aromatic nitrogens is 1. The Hall–Kier alpha value is -2.34. The van der Waals surface area contributed by atoms with E-state index < -0.39 is 16.1 Å². The van der Waals surface area contributed by atoms with Crippen LogP contribution in [0, 0.1) is 0 Å². The SMILES string of the molecule is O=C(Nc1nc2c(s1)CN(C(=O)c1ccc(S(=O)(=O)N3CCCCC3)cc1)CC2)C1CCCO1.